The molecule has 0 aromatic rings. The summed E-state index contributed by atoms with van der Waals surface area (Å²) >= 11 is 0. The molecule has 0 bridgehead atoms. The number of hydrogen-bond acceptors (Lipinski definition) is 21. The van der Waals surface area contributed by atoms with Crippen LogP contribution >= 0.6 is 21.6 Å². The van der Waals surface area contributed by atoms with E-state index in [1.807, 2.05) is 13.8 Å². The fourth-order valence-electron chi connectivity index (χ4n) is 14.7. The Kier molecular flexibility index (Phi) is 35.8. The lowest BCUT2D eigenvalue weighted by Crippen LogP contribution is -2.64. The largest absolute Gasteiger partial charge is 0.481 e. The Morgan fingerprint density at radius 3 is 1.91 bits per heavy atom. The van der Waals surface area contributed by atoms with Crippen molar-refractivity contribution in [2.45, 2.75) is 275 Å². The van der Waals surface area contributed by atoms with Crippen molar-refractivity contribution in [3.63, 3.8) is 0 Å². The molecular formula is C72H119N15O19S2. The van der Waals surface area contributed by atoms with Gasteiger partial charge in [-0.2, -0.15) is 0 Å². The molecule has 5 rings (SSSR count). The predicted molar refractivity (Wildman–Crippen MR) is 402 cm³/mol. The van der Waals surface area contributed by atoms with Crippen molar-refractivity contribution in [2.75, 3.05) is 38.6 Å². The molecule has 108 heavy (non-hydrogen) atoms. The number of carboxylic acid groups (broad SMARTS) is 2. The Morgan fingerprint density at radius 1 is 0.667 bits per heavy atom. The van der Waals surface area contributed by atoms with Gasteiger partial charge in [0.25, 0.3) is 0 Å². The normalized spacial score (nSPS) is 28.0. The van der Waals surface area contributed by atoms with Crippen LogP contribution in [0.2, 0.25) is 0 Å². The van der Waals surface area contributed by atoms with E-state index in [1.165, 1.54) is 16.7 Å². The number of nitrogens with one attached hydrogen (secondary N) is 8. The number of rotatable bonds is 26. The van der Waals surface area contributed by atoms with Crippen LogP contribution in [0.3, 0.4) is 0 Å². The van der Waals surface area contributed by atoms with Gasteiger partial charge in [-0.15, -0.1) is 0 Å². The Balaban J connectivity index is 1.70. The molecule has 11 amide bonds. The van der Waals surface area contributed by atoms with Crippen molar-refractivity contribution in [2.24, 2.45) is 63.6 Å². The monoisotopic (exact) mass is 1560 g/mol. The zero-order valence-electron chi connectivity index (χ0n) is 64.3. The Labute approximate surface area is 639 Å². The highest BCUT2D eigenvalue weighted by Gasteiger charge is 2.53. The van der Waals surface area contributed by atoms with Crippen molar-refractivity contribution in [1.82, 2.24) is 57.2 Å². The number of amides is 11. The molecule has 4 heterocycles. The van der Waals surface area contributed by atoms with E-state index in [4.69, 9.17) is 17.2 Å². The van der Waals surface area contributed by atoms with Gasteiger partial charge in [0.2, 0.25) is 65.0 Å². The second-order valence-electron chi connectivity index (χ2n) is 30.7. The van der Waals surface area contributed by atoms with E-state index in [2.05, 4.69) is 47.5 Å². The van der Waals surface area contributed by atoms with Gasteiger partial charge in [-0.3, -0.25) is 72.1 Å². The van der Waals surface area contributed by atoms with Gasteiger partial charge < -0.3 is 94.9 Å². The first-order valence-corrected chi connectivity index (χ1v) is 40.4. The Morgan fingerprint density at radius 2 is 1.31 bits per heavy atom. The smallest absolute Gasteiger partial charge is 0.326 e. The molecule has 0 unspecified atom stereocenters. The number of aliphatic imine (C=N–C) groups is 1. The van der Waals surface area contributed by atoms with Crippen molar-refractivity contribution in [3.8, 4) is 0 Å². The van der Waals surface area contributed by atoms with Crippen LogP contribution in [0.4, 0.5) is 0 Å². The number of nitrogens with two attached hydrogens (primary N) is 3. The molecule has 0 spiro atoms. The summed E-state index contributed by atoms with van der Waals surface area (Å²) in [5, 5.41) is 62.2. The van der Waals surface area contributed by atoms with Crippen molar-refractivity contribution in [1.29, 1.82) is 0 Å². The maximum atomic E-state index is 15.7. The van der Waals surface area contributed by atoms with Gasteiger partial charge in [-0.25, -0.2) is 4.79 Å². The van der Waals surface area contributed by atoms with Gasteiger partial charge in [0.15, 0.2) is 11.7 Å². The summed E-state index contributed by atoms with van der Waals surface area (Å²) in [7, 11) is 1.78. The molecule has 19 atom stereocenters. The number of aliphatic hydroxyl groups excluding tert-OH is 2. The highest BCUT2D eigenvalue weighted by Crippen LogP contribution is 2.43. The summed E-state index contributed by atoms with van der Waals surface area (Å²) in [6, 6.07) is -17.8. The second-order valence-corrected chi connectivity index (χ2v) is 33.7. The number of hydrogen-bond donors (Lipinski definition) is 15. The highest BCUT2D eigenvalue weighted by atomic mass is 33.1. The standard InChI is InChI=1S/C72H119N15O19S2/c1-12-37(6)55(81-59(94)40(9)73)64(99)80-47-35-107-108-72(10,11)58(66(101)83-57(39(8)14-3)69(104)85-26-18-23-49(85)62(97)78-45(70(105)106)32-54(92)93)84-65(100)56(38(7)13-2)82-63(98)51-29-41-20-15-16-22-48(41)87(51)68(103)50-24-19-27-86(50)67(102)42(28-36(4)5)30-52(90)43(33-88)31-53(91)44(21-17-25-76-71(74)75)77-60(95)46(34-89)79-61(47)96/h36-51,55-58,88-89H,12-35,73H2,1-11H3,(H,77,95)(H,78,97)(H,79,96)(H,80,99)(H,81,94)(H,82,98)(H,83,101)(H,84,100)(H,92,93)(H,105,106)(H4,74,75,76)/t37-,38-,39-,40-,41-,42+,43-,44-,45-,46-,47-,48-,49-,50-,51-,55-,56-,57-,58+/m0/s1. The van der Waals surface area contributed by atoms with Crippen LogP contribution in [-0.2, 0) is 71.9 Å². The van der Waals surface area contributed by atoms with Crippen LogP contribution in [0.5, 0.6) is 0 Å². The van der Waals surface area contributed by atoms with E-state index in [0.29, 0.717) is 25.7 Å². The first-order chi connectivity index (χ1) is 50.9. The molecule has 0 aromatic heterocycles. The molecule has 1 saturated carbocycles. The third-order valence-electron chi connectivity index (χ3n) is 21.6. The number of carbonyl (C=O) groups is 15. The van der Waals surface area contributed by atoms with Gasteiger partial charge in [-0.05, 0) is 115 Å². The zero-order valence-corrected chi connectivity index (χ0v) is 65.9. The van der Waals surface area contributed by atoms with E-state index in [-0.39, 0.29) is 95.2 Å². The third-order valence-corrected chi connectivity index (χ3v) is 24.9. The highest BCUT2D eigenvalue weighted by molar-refractivity contribution is 8.77. The Bertz CT molecular complexity index is 3250. The van der Waals surface area contributed by atoms with Crippen LogP contribution in [0, 0.1) is 41.4 Å². The molecular weight excluding hydrogens is 1440 g/mol. The number of carboxylic acids is 2. The van der Waals surface area contributed by atoms with E-state index in [1.54, 1.807) is 60.3 Å². The summed E-state index contributed by atoms with van der Waals surface area (Å²) in [6.45, 7) is 16.5. The number of Topliss-reactive ketones (excluding diaryl/α,β-unsaturated/α-hetero) is 2. The number of likely N-dealkylation sites (tertiary alicyclic amines) is 1. The molecule has 4 aliphatic heterocycles. The number of guanidine groups is 1. The molecule has 36 heteroatoms. The maximum absolute atomic E-state index is 15.7. The molecule has 4 saturated heterocycles. The third kappa shape index (κ3) is 24.9. The van der Waals surface area contributed by atoms with E-state index < -0.39 is 240 Å². The summed E-state index contributed by atoms with van der Waals surface area (Å²) < 4.78 is -1.58. The minimum absolute atomic E-state index is 0.0340. The van der Waals surface area contributed by atoms with Crippen molar-refractivity contribution >= 4 is 116 Å². The average molecular weight is 1560 g/mol. The number of nitrogens with zero attached hydrogens (tertiary/aromatic N) is 4. The SMILES string of the molecule is CC[C@H](C)[C@H](NC(=O)[C@H](C)N)C(=O)N[C@H]1CSSC(C)(C)[C@@H](C(=O)N[C@H](C(=O)N2CCC[C@H]2C(=O)N[C@@H](CC(=O)O)C(=O)O)[C@@H](C)CC)NC(=O)[C@H]([C@@H](C)CC)NC(=O)[C@@H]2C[C@@H]3CCCC[C@@H]3N2C(=O)[C@@H]2CCCN2C(=O)[C@H](CC(C)C)CC(=O)[C@H](CO)CC(=O)[C@H](CCCN=C(N)N)NC(=O)[C@H](CO)NC1=O. The van der Waals surface area contributed by atoms with Gasteiger partial charge >= 0.3 is 11.9 Å². The molecule has 18 N–H and O–H groups in total. The number of aliphatic carboxylic acids is 2. The first kappa shape index (κ1) is 90.9. The quantitative estimate of drug-likeness (QED) is 0.0224. The fraction of sp³-hybridized carbons (Fsp3) is 0.778. The van der Waals surface area contributed by atoms with Gasteiger partial charge in [0.05, 0.1) is 31.7 Å². The lowest BCUT2D eigenvalue weighted by Gasteiger charge is -2.38. The number of carbonyl (C=O) groups excluding carboxylic acids is 13. The summed E-state index contributed by atoms with van der Waals surface area (Å²) in [4.78, 5) is 224. The molecule has 0 aromatic carbocycles. The Hall–Kier alpha value is -7.70. The molecule has 608 valence electrons. The number of fused-ring (bicyclic) bond motifs is 4. The first-order valence-electron chi connectivity index (χ1n) is 38.1. The second kappa shape index (κ2) is 42.5. The van der Waals surface area contributed by atoms with Crippen LogP contribution in [0.15, 0.2) is 4.99 Å². The van der Waals surface area contributed by atoms with E-state index in [9.17, 15) is 63.6 Å². The molecule has 1 aliphatic carbocycles. The topological polar surface area (TPSA) is 533 Å². The predicted octanol–water partition coefficient (Wildman–Crippen LogP) is -0.540. The minimum atomic E-state index is -1.87. The number of aliphatic hydroxyl groups is 2. The lowest BCUT2D eigenvalue weighted by atomic mass is 9.84. The van der Waals surface area contributed by atoms with Gasteiger partial charge in [-0.1, -0.05) is 109 Å². The fourth-order valence-corrected chi connectivity index (χ4v) is 17.5. The van der Waals surface area contributed by atoms with Gasteiger partial charge in [0.1, 0.15) is 66.2 Å². The van der Waals surface area contributed by atoms with E-state index in [0.717, 1.165) is 34.4 Å². The molecule has 5 aliphatic rings. The summed E-state index contributed by atoms with van der Waals surface area (Å²) in [6.07, 6.45) is 2.68. The van der Waals surface area contributed by atoms with Crippen molar-refractivity contribution in [3.05, 3.63) is 0 Å². The zero-order chi connectivity index (χ0) is 80.8. The molecule has 34 nitrogen and oxygen atoms in total. The van der Waals surface area contributed by atoms with Crippen LogP contribution < -0.4 is 59.7 Å². The van der Waals surface area contributed by atoms with Gasteiger partial charge in [0, 0.05) is 60.9 Å². The summed E-state index contributed by atoms with van der Waals surface area (Å²) in [5.41, 5.74) is 17.1. The molecule has 5 fully saturated rings. The molecule has 0 radical (unpaired) electrons. The van der Waals surface area contributed by atoms with Crippen molar-refractivity contribution < 1.29 is 92.3 Å². The van der Waals surface area contributed by atoms with Crippen LogP contribution in [0.1, 0.15) is 192 Å². The maximum Gasteiger partial charge on any atom is 0.326 e. The minimum Gasteiger partial charge on any atom is -0.481 e. The van der Waals surface area contributed by atoms with Crippen LogP contribution in [0.25, 0.3) is 0 Å². The average Bonchev–Trinajstić information content (AvgIpc) is 1.61. The van der Waals surface area contributed by atoms with E-state index >= 15 is 28.8 Å². The lowest BCUT2D eigenvalue weighted by molar-refractivity contribution is -0.151. The number of ketones is 2. The van der Waals surface area contributed by atoms with Crippen LogP contribution in [-0.4, -0.2) is 251 Å². The summed E-state index contributed by atoms with van der Waals surface area (Å²) in [5.74, 6) is -19.1.